The molecule has 0 spiro atoms. The summed E-state index contributed by atoms with van der Waals surface area (Å²) in [4.78, 5) is 8.19. The topological polar surface area (TPSA) is 94.1 Å². The van der Waals surface area contributed by atoms with Gasteiger partial charge in [-0.05, 0) is 12.5 Å². The van der Waals surface area contributed by atoms with Crippen LogP contribution in [0.25, 0.3) is 0 Å². The summed E-state index contributed by atoms with van der Waals surface area (Å²) in [6.45, 7) is 6.26. The van der Waals surface area contributed by atoms with Gasteiger partial charge in [-0.3, -0.25) is 0 Å². The molecule has 0 amide bonds. The first-order chi connectivity index (χ1) is 11.1. The predicted octanol–water partition coefficient (Wildman–Crippen LogP) is 2.99. The third-order valence-electron chi connectivity index (χ3n) is 2.87. The number of nitrogen functional groups attached to an aromatic ring is 1. The molecule has 6 nitrogen and oxygen atoms in total. The van der Waals surface area contributed by atoms with Crippen LogP contribution < -0.4 is 10.5 Å². The summed E-state index contributed by atoms with van der Waals surface area (Å²) >= 11 is 0. The van der Waals surface area contributed by atoms with Crippen LogP contribution in [0.2, 0.25) is 0 Å². The van der Waals surface area contributed by atoms with Gasteiger partial charge in [0.25, 0.3) is 0 Å². The van der Waals surface area contributed by atoms with E-state index in [1.165, 1.54) is 7.11 Å². The molecule has 2 rings (SSSR count). The van der Waals surface area contributed by atoms with Crippen molar-refractivity contribution < 1.29 is 9.47 Å². The Hall–Kier alpha value is -2.47. The minimum Gasteiger partial charge on any atom is -0.480 e. The lowest BCUT2D eigenvalue weighted by Crippen LogP contribution is -2.15. The van der Waals surface area contributed by atoms with E-state index in [9.17, 15) is 0 Å². The summed E-state index contributed by atoms with van der Waals surface area (Å²) in [6.07, 6.45) is 0. The average molecular weight is 316 g/mol. The van der Waals surface area contributed by atoms with E-state index >= 15 is 0 Å². The molecule has 0 fully saturated rings. The highest BCUT2D eigenvalue weighted by Crippen LogP contribution is 2.21. The van der Waals surface area contributed by atoms with E-state index in [1.807, 2.05) is 44.2 Å². The van der Waals surface area contributed by atoms with Crippen LogP contribution in [0, 0.1) is 12.3 Å². The van der Waals surface area contributed by atoms with Crippen LogP contribution in [-0.2, 0) is 11.3 Å². The Bertz CT molecular complexity index is 630. The highest BCUT2D eigenvalue weighted by atomic mass is 16.5. The fraction of sp³-hybridized carbons (Fsp3) is 0.353. The number of benzene rings is 1. The molecule has 1 aromatic carbocycles. The van der Waals surface area contributed by atoms with Crippen molar-refractivity contribution >= 4 is 11.5 Å². The second-order valence-corrected chi connectivity index (χ2v) is 4.50. The van der Waals surface area contributed by atoms with Crippen LogP contribution in [0.1, 0.15) is 30.8 Å². The molecule has 0 saturated heterocycles. The number of anilines is 1. The first kappa shape index (κ1) is 18.6. The van der Waals surface area contributed by atoms with Crippen molar-refractivity contribution in [3.05, 3.63) is 47.3 Å². The van der Waals surface area contributed by atoms with Gasteiger partial charge in [-0.2, -0.15) is 4.98 Å². The lowest BCUT2D eigenvalue weighted by Gasteiger charge is -2.12. The van der Waals surface area contributed by atoms with Gasteiger partial charge in [-0.25, -0.2) is 4.98 Å². The highest BCUT2D eigenvalue weighted by Gasteiger charge is 2.16. The molecule has 124 valence electrons. The Labute approximate surface area is 137 Å². The number of ether oxygens (including phenoxy) is 2. The quantitative estimate of drug-likeness (QED) is 0.799. The van der Waals surface area contributed by atoms with Crippen molar-refractivity contribution in [2.24, 2.45) is 0 Å². The van der Waals surface area contributed by atoms with Gasteiger partial charge in [0.05, 0.1) is 26.0 Å². The molecule has 0 aliphatic rings. The number of aromatic nitrogens is 2. The van der Waals surface area contributed by atoms with Crippen molar-refractivity contribution in [2.75, 3.05) is 19.5 Å². The second-order valence-electron chi connectivity index (χ2n) is 4.50. The zero-order chi connectivity index (χ0) is 17.2. The van der Waals surface area contributed by atoms with E-state index in [-0.39, 0.29) is 18.1 Å². The summed E-state index contributed by atoms with van der Waals surface area (Å²) in [5, 5.41) is 8.09. The molecule has 23 heavy (non-hydrogen) atoms. The smallest absolute Gasteiger partial charge is 0.227 e. The molecule has 1 aromatic heterocycles. The molecule has 0 unspecified atom stereocenters. The second kappa shape index (κ2) is 9.53. The molecular formula is C17H24N4O2. The molecule has 0 aliphatic heterocycles. The van der Waals surface area contributed by atoms with Gasteiger partial charge in [0, 0.05) is 0 Å². The summed E-state index contributed by atoms with van der Waals surface area (Å²) in [6, 6.07) is 9.76. The average Bonchev–Trinajstić information content (AvgIpc) is 2.56. The Balaban J connectivity index is 0.00000127. The third-order valence-corrected chi connectivity index (χ3v) is 2.87. The molecular weight excluding hydrogens is 292 g/mol. The van der Waals surface area contributed by atoms with E-state index in [0.717, 1.165) is 5.56 Å². The number of nitrogens with zero attached hydrogens (tertiary/aromatic N) is 2. The lowest BCUT2D eigenvalue weighted by molar-refractivity contribution is 0.158. The van der Waals surface area contributed by atoms with E-state index in [2.05, 4.69) is 9.97 Å². The van der Waals surface area contributed by atoms with E-state index < -0.39 is 0 Å². The van der Waals surface area contributed by atoms with Crippen molar-refractivity contribution in [1.82, 2.24) is 9.97 Å². The SMILES string of the molecule is CC.COc1nc(C)nc(N)c1C(=N)COCc1ccccc1. The van der Waals surface area contributed by atoms with Gasteiger partial charge in [-0.1, -0.05) is 44.2 Å². The van der Waals surface area contributed by atoms with Gasteiger partial charge in [0.15, 0.2) is 0 Å². The van der Waals surface area contributed by atoms with E-state index in [0.29, 0.717) is 23.9 Å². The van der Waals surface area contributed by atoms with Crippen LogP contribution in [0.15, 0.2) is 30.3 Å². The van der Waals surface area contributed by atoms with Gasteiger partial charge < -0.3 is 20.6 Å². The molecule has 2 aromatic rings. The van der Waals surface area contributed by atoms with Gasteiger partial charge in [0.1, 0.15) is 17.2 Å². The van der Waals surface area contributed by atoms with Crippen molar-refractivity contribution in [3.8, 4) is 5.88 Å². The van der Waals surface area contributed by atoms with E-state index in [4.69, 9.17) is 20.6 Å². The van der Waals surface area contributed by atoms with Crippen LogP contribution in [0.5, 0.6) is 5.88 Å². The standard InChI is InChI=1S/C15H18N4O2.C2H6/c1-10-18-14(17)13(15(19-10)20-2)12(16)9-21-8-11-6-4-3-5-7-11;1-2/h3-7,16H,8-9H2,1-2H3,(H2,17,18,19);1-2H3. The largest absolute Gasteiger partial charge is 0.480 e. The van der Waals surface area contributed by atoms with Gasteiger partial charge in [-0.15, -0.1) is 0 Å². The maximum absolute atomic E-state index is 8.09. The minimum absolute atomic E-state index is 0.113. The van der Waals surface area contributed by atoms with Crippen LogP contribution in [0.3, 0.4) is 0 Å². The summed E-state index contributed by atoms with van der Waals surface area (Å²) < 4.78 is 10.7. The Morgan fingerprint density at radius 1 is 1.17 bits per heavy atom. The first-order valence-corrected chi connectivity index (χ1v) is 7.49. The number of methoxy groups -OCH3 is 1. The molecule has 1 heterocycles. The highest BCUT2D eigenvalue weighted by molar-refractivity contribution is 6.04. The monoisotopic (exact) mass is 316 g/mol. The number of hydrogen-bond acceptors (Lipinski definition) is 6. The summed E-state index contributed by atoms with van der Waals surface area (Å²) in [5.41, 5.74) is 7.48. The molecule has 0 bridgehead atoms. The fourth-order valence-electron chi connectivity index (χ4n) is 1.92. The number of hydrogen-bond donors (Lipinski definition) is 2. The maximum atomic E-state index is 8.09. The zero-order valence-corrected chi connectivity index (χ0v) is 14.1. The predicted molar refractivity (Wildman–Crippen MR) is 92.0 cm³/mol. The zero-order valence-electron chi connectivity index (χ0n) is 14.1. The Kier molecular flexibility index (Phi) is 7.70. The number of nitrogens with one attached hydrogen (secondary N) is 1. The fourth-order valence-corrected chi connectivity index (χ4v) is 1.92. The van der Waals surface area contributed by atoms with Crippen molar-refractivity contribution in [3.63, 3.8) is 0 Å². The molecule has 0 radical (unpaired) electrons. The molecule has 0 atom stereocenters. The summed E-state index contributed by atoms with van der Waals surface area (Å²) in [7, 11) is 1.49. The van der Waals surface area contributed by atoms with Crippen LogP contribution in [-0.4, -0.2) is 29.4 Å². The Morgan fingerprint density at radius 3 is 2.43 bits per heavy atom. The maximum Gasteiger partial charge on any atom is 0.227 e. The minimum atomic E-state index is 0.113. The number of aryl methyl sites for hydroxylation is 1. The number of nitrogens with two attached hydrogens (primary N) is 1. The lowest BCUT2D eigenvalue weighted by atomic mass is 10.2. The van der Waals surface area contributed by atoms with Crippen LogP contribution >= 0.6 is 0 Å². The molecule has 0 saturated carbocycles. The normalized spacial score (nSPS) is 9.74. The number of rotatable bonds is 6. The first-order valence-electron chi connectivity index (χ1n) is 7.49. The molecule has 0 aliphatic carbocycles. The van der Waals surface area contributed by atoms with E-state index in [1.54, 1.807) is 6.92 Å². The van der Waals surface area contributed by atoms with Gasteiger partial charge >= 0.3 is 0 Å². The van der Waals surface area contributed by atoms with Crippen molar-refractivity contribution in [2.45, 2.75) is 27.4 Å². The van der Waals surface area contributed by atoms with Gasteiger partial charge in [0.2, 0.25) is 5.88 Å². The Morgan fingerprint density at radius 2 is 1.83 bits per heavy atom. The third kappa shape index (κ3) is 5.34. The van der Waals surface area contributed by atoms with Crippen LogP contribution in [0.4, 0.5) is 5.82 Å². The van der Waals surface area contributed by atoms with Crippen molar-refractivity contribution in [1.29, 1.82) is 5.41 Å². The molecule has 3 N–H and O–H groups in total. The molecule has 6 heteroatoms. The summed E-state index contributed by atoms with van der Waals surface area (Å²) in [5.74, 6) is 1.03.